The predicted octanol–water partition coefficient (Wildman–Crippen LogP) is 1.87. The second kappa shape index (κ2) is 4.20. The van der Waals surface area contributed by atoms with E-state index < -0.39 is 22.2 Å². The van der Waals surface area contributed by atoms with Gasteiger partial charge in [0.2, 0.25) is 4.45 Å². The Hall–Kier alpha value is -1.69. The molecule has 1 aromatic carbocycles. The zero-order chi connectivity index (χ0) is 13.5. The number of carbonyl (C=O) groups is 3. The van der Waals surface area contributed by atoms with Gasteiger partial charge in [-0.2, -0.15) is 0 Å². The molecule has 0 spiro atoms. The Bertz CT molecular complexity index is 522. The molecule has 0 saturated carbocycles. The highest BCUT2D eigenvalue weighted by Gasteiger charge is 2.51. The standard InChI is InChI=1S/C12H10BrNO4/c1-2-12(13,11(17)18)14-9(15)7-5-3-4-6-8(7)10(14)16/h3-6H,2H2,1H3,(H,17,18). The molecule has 18 heavy (non-hydrogen) atoms. The Morgan fingerprint density at radius 3 is 2.06 bits per heavy atom. The molecule has 0 bridgehead atoms. The highest BCUT2D eigenvalue weighted by molar-refractivity contribution is 9.10. The smallest absolute Gasteiger partial charge is 0.341 e. The quantitative estimate of drug-likeness (QED) is 0.525. The lowest BCUT2D eigenvalue weighted by atomic mass is 10.1. The van der Waals surface area contributed by atoms with Crippen molar-refractivity contribution < 1.29 is 19.5 Å². The van der Waals surface area contributed by atoms with Crippen molar-refractivity contribution in [2.24, 2.45) is 0 Å². The van der Waals surface area contributed by atoms with Crippen LogP contribution in [0.25, 0.3) is 0 Å². The zero-order valence-electron chi connectivity index (χ0n) is 9.51. The van der Waals surface area contributed by atoms with Gasteiger partial charge in [0.1, 0.15) is 0 Å². The van der Waals surface area contributed by atoms with Gasteiger partial charge >= 0.3 is 5.97 Å². The Kier molecular flexibility index (Phi) is 2.98. The van der Waals surface area contributed by atoms with E-state index in [2.05, 4.69) is 15.9 Å². The molecule has 1 atom stereocenters. The monoisotopic (exact) mass is 311 g/mol. The number of hydrogen-bond donors (Lipinski definition) is 1. The van der Waals surface area contributed by atoms with Crippen LogP contribution in [0.3, 0.4) is 0 Å². The van der Waals surface area contributed by atoms with Crippen LogP contribution in [0.2, 0.25) is 0 Å². The minimum Gasteiger partial charge on any atom is -0.479 e. The van der Waals surface area contributed by atoms with E-state index in [0.717, 1.165) is 4.90 Å². The second-order valence-electron chi connectivity index (χ2n) is 3.91. The van der Waals surface area contributed by atoms with Crippen LogP contribution in [0, 0.1) is 0 Å². The molecule has 1 aliphatic heterocycles. The number of carbonyl (C=O) groups excluding carboxylic acids is 2. The Balaban J connectivity index is 2.55. The molecule has 0 radical (unpaired) electrons. The van der Waals surface area contributed by atoms with Crippen LogP contribution in [0.4, 0.5) is 0 Å². The van der Waals surface area contributed by atoms with Crippen molar-refractivity contribution in [1.29, 1.82) is 0 Å². The van der Waals surface area contributed by atoms with E-state index in [1.165, 1.54) is 12.1 Å². The molecular formula is C12H10BrNO4. The van der Waals surface area contributed by atoms with E-state index in [0.29, 0.717) is 0 Å². The number of imide groups is 1. The van der Waals surface area contributed by atoms with Crippen molar-refractivity contribution in [2.45, 2.75) is 17.8 Å². The summed E-state index contributed by atoms with van der Waals surface area (Å²) < 4.78 is -1.69. The Morgan fingerprint density at radius 1 is 1.28 bits per heavy atom. The van der Waals surface area contributed by atoms with Crippen molar-refractivity contribution in [3.63, 3.8) is 0 Å². The fourth-order valence-corrected chi connectivity index (χ4v) is 2.24. The van der Waals surface area contributed by atoms with Gasteiger partial charge in [0, 0.05) is 0 Å². The molecule has 1 aromatic rings. The molecule has 0 aromatic heterocycles. The SMILES string of the molecule is CCC(Br)(C(=O)O)N1C(=O)c2ccccc2C1=O. The number of aliphatic carboxylic acids is 1. The normalized spacial score (nSPS) is 17.6. The van der Waals surface area contributed by atoms with Crippen LogP contribution in [-0.2, 0) is 4.79 Å². The van der Waals surface area contributed by atoms with Crippen LogP contribution in [0.1, 0.15) is 34.1 Å². The molecule has 1 heterocycles. The molecular weight excluding hydrogens is 302 g/mol. The van der Waals surface area contributed by atoms with Gasteiger partial charge in [-0.15, -0.1) is 0 Å². The van der Waals surface area contributed by atoms with Gasteiger partial charge < -0.3 is 5.11 Å². The lowest BCUT2D eigenvalue weighted by Gasteiger charge is -2.30. The highest BCUT2D eigenvalue weighted by Crippen LogP contribution is 2.35. The van der Waals surface area contributed by atoms with Crippen molar-refractivity contribution in [3.05, 3.63) is 35.4 Å². The topological polar surface area (TPSA) is 74.7 Å². The van der Waals surface area contributed by atoms with E-state index in [9.17, 15) is 19.5 Å². The van der Waals surface area contributed by atoms with E-state index >= 15 is 0 Å². The summed E-state index contributed by atoms with van der Waals surface area (Å²) in [6, 6.07) is 6.30. The Labute approximate surface area is 112 Å². The van der Waals surface area contributed by atoms with E-state index in [1.54, 1.807) is 19.1 Å². The number of amides is 2. The number of rotatable bonds is 3. The summed E-state index contributed by atoms with van der Waals surface area (Å²) in [7, 11) is 0. The summed E-state index contributed by atoms with van der Waals surface area (Å²) in [5.41, 5.74) is 0.474. The molecule has 1 aliphatic rings. The van der Waals surface area contributed by atoms with Gasteiger partial charge in [0.15, 0.2) is 0 Å². The first-order valence-corrected chi connectivity index (χ1v) is 6.13. The summed E-state index contributed by atoms with van der Waals surface area (Å²) in [5, 5.41) is 9.21. The number of fused-ring (bicyclic) bond motifs is 1. The molecule has 0 saturated heterocycles. The molecule has 0 fully saturated rings. The van der Waals surface area contributed by atoms with Crippen molar-refractivity contribution >= 4 is 33.7 Å². The third-order valence-corrected chi connectivity index (χ3v) is 4.20. The lowest BCUT2D eigenvalue weighted by molar-refractivity contribution is -0.143. The number of halogens is 1. The lowest BCUT2D eigenvalue weighted by Crippen LogP contribution is -2.52. The van der Waals surface area contributed by atoms with Crippen LogP contribution in [0.15, 0.2) is 24.3 Å². The first-order chi connectivity index (χ1) is 8.43. The van der Waals surface area contributed by atoms with Gasteiger partial charge in [-0.3, -0.25) is 9.59 Å². The molecule has 0 aliphatic carbocycles. The van der Waals surface area contributed by atoms with Gasteiger partial charge in [-0.1, -0.05) is 19.1 Å². The molecule has 2 rings (SSSR count). The minimum atomic E-state index is -1.69. The number of carboxylic acids is 1. The minimum absolute atomic E-state index is 0.0772. The summed E-state index contributed by atoms with van der Waals surface area (Å²) in [5.74, 6) is -2.44. The van der Waals surface area contributed by atoms with Crippen LogP contribution >= 0.6 is 15.9 Å². The van der Waals surface area contributed by atoms with E-state index in [-0.39, 0.29) is 17.5 Å². The van der Waals surface area contributed by atoms with Gasteiger partial charge in [0.05, 0.1) is 11.1 Å². The number of benzene rings is 1. The maximum absolute atomic E-state index is 12.1. The van der Waals surface area contributed by atoms with Crippen molar-refractivity contribution in [2.75, 3.05) is 0 Å². The molecule has 6 heteroatoms. The summed E-state index contributed by atoms with van der Waals surface area (Å²) in [6.07, 6.45) is 0.0772. The van der Waals surface area contributed by atoms with E-state index in [4.69, 9.17) is 0 Å². The van der Waals surface area contributed by atoms with Crippen molar-refractivity contribution in [1.82, 2.24) is 4.90 Å². The van der Waals surface area contributed by atoms with Gasteiger partial charge in [-0.05, 0) is 34.5 Å². The van der Waals surface area contributed by atoms with E-state index in [1.807, 2.05) is 0 Å². The fraction of sp³-hybridized carbons (Fsp3) is 0.250. The van der Waals surface area contributed by atoms with Crippen LogP contribution in [0.5, 0.6) is 0 Å². The maximum Gasteiger partial charge on any atom is 0.341 e. The molecule has 1 unspecified atom stereocenters. The number of carboxylic acid groups (broad SMARTS) is 1. The third kappa shape index (κ3) is 1.56. The average molecular weight is 312 g/mol. The van der Waals surface area contributed by atoms with Gasteiger partial charge in [0.25, 0.3) is 11.8 Å². The van der Waals surface area contributed by atoms with Gasteiger partial charge in [-0.25, -0.2) is 9.69 Å². The number of nitrogens with zero attached hydrogens (tertiary/aromatic N) is 1. The molecule has 5 nitrogen and oxygen atoms in total. The second-order valence-corrected chi connectivity index (χ2v) is 5.22. The molecule has 1 N–H and O–H groups in total. The zero-order valence-corrected chi connectivity index (χ0v) is 11.1. The van der Waals surface area contributed by atoms with Crippen LogP contribution < -0.4 is 0 Å². The third-order valence-electron chi connectivity index (χ3n) is 2.94. The molecule has 2 amide bonds. The number of hydrogen-bond acceptors (Lipinski definition) is 3. The fourth-order valence-electron chi connectivity index (χ4n) is 1.92. The number of alkyl halides is 1. The predicted molar refractivity (Wildman–Crippen MR) is 66.5 cm³/mol. The first-order valence-electron chi connectivity index (χ1n) is 5.33. The molecule has 94 valence electrons. The summed E-state index contributed by atoms with van der Waals surface area (Å²) >= 11 is 3.00. The average Bonchev–Trinajstić information content (AvgIpc) is 2.62. The summed E-state index contributed by atoms with van der Waals surface area (Å²) in [6.45, 7) is 1.59. The van der Waals surface area contributed by atoms with Crippen molar-refractivity contribution in [3.8, 4) is 0 Å². The highest BCUT2D eigenvalue weighted by atomic mass is 79.9. The largest absolute Gasteiger partial charge is 0.479 e. The maximum atomic E-state index is 12.1. The Morgan fingerprint density at radius 2 is 1.72 bits per heavy atom. The van der Waals surface area contributed by atoms with Crippen LogP contribution in [-0.4, -0.2) is 32.2 Å². The first kappa shape index (κ1) is 12.8. The summed E-state index contributed by atoms with van der Waals surface area (Å²) in [4.78, 5) is 36.3.